The molecule has 1 aromatic carbocycles. The Morgan fingerprint density at radius 1 is 1.42 bits per heavy atom. The predicted octanol–water partition coefficient (Wildman–Crippen LogP) is 1.84. The van der Waals surface area contributed by atoms with Crippen molar-refractivity contribution in [1.29, 1.82) is 0 Å². The molecule has 130 valence electrons. The molecule has 2 aliphatic rings. The molecule has 2 aliphatic heterocycles. The zero-order valence-corrected chi connectivity index (χ0v) is 14.0. The average molecular weight is 332 g/mol. The smallest absolute Gasteiger partial charge is 0.260 e. The van der Waals surface area contributed by atoms with Crippen LogP contribution >= 0.6 is 0 Å². The molecule has 1 atom stereocenters. The molecule has 1 fully saturated rings. The summed E-state index contributed by atoms with van der Waals surface area (Å²) in [4.78, 5) is 25.6. The first-order valence-corrected chi connectivity index (χ1v) is 8.57. The summed E-state index contributed by atoms with van der Waals surface area (Å²) in [5.41, 5.74) is 1.89. The van der Waals surface area contributed by atoms with Crippen molar-refractivity contribution in [2.45, 2.75) is 26.2 Å². The molecule has 2 amide bonds. The summed E-state index contributed by atoms with van der Waals surface area (Å²) in [6, 6.07) is 5.53. The number of hydrogen-bond donors (Lipinski definition) is 1. The lowest BCUT2D eigenvalue weighted by Crippen LogP contribution is -2.38. The largest absolute Gasteiger partial charge is 0.484 e. The van der Waals surface area contributed by atoms with Crippen LogP contribution in [0.5, 0.6) is 5.75 Å². The fourth-order valence-corrected chi connectivity index (χ4v) is 3.13. The number of carbonyl (C=O) groups excluding carboxylic acids is 2. The molecule has 0 bridgehead atoms. The lowest BCUT2D eigenvalue weighted by molar-refractivity contribution is -0.133. The number of benzene rings is 1. The van der Waals surface area contributed by atoms with Gasteiger partial charge < -0.3 is 19.7 Å². The maximum atomic E-state index is 12.4. The van der Waals surface area contributed by atoms with Gasteiger partial charge in [0.15, 0.2) is 6.61 Å². The van der Waals surface area contributed by atoms with Crippen molar-refractivity contribution in [1.82, 2.24) is 4.90 Å². The first-order chi connectivity index (χ1) is 11.7. The summed E-state index contributed by atoms with van der Waals surface area (Å²) in [7, 11) is 0. The highest BCUT2D eigenvalue weighted by Crippen LogP contribution is 2.26. The van der Waals surface area contributed by atoms with Gasteiger partial charge in [0.1, 0.15) is 5.75 Å². The Labute approximate surface area is 142 Å². The third-order valence-corrected chi connectivity index (χ3v) is 4.57. The van der Waals surface area contributed by atoms with Crippen molar-refractivity contribution >= 4 is 17.5 Å². The Morgan fingerprint density at radius 2 is 2.29 bits per heavy atom. The molecule has 0 aromatic heterocycles. The number of hydrogen-bond acceptors (Lipinski definition) is 4. The zero-order chi connectivity index (χ0) is 16.9. The maximum Gasteiger partial charge on any atom is 0.260 e. The van der Waals surface area contributed by atoms with Crippen molar-refractivity contribution in [3.63, 3.8) is 0 Å². The third kappa shape index (κ3) is 4.06. The quantitative estimate of drug-likeness (QED) is 0.863. The van der Waals surface area contributed by atoms with E-state index >= 15 is 0 Å². The van der Waals surface area contributed by atoms with Gasteiger partial charge in [-0.2, -0.15) is 0 Å². The minimum absolute atomic E-state index is 0.00424. The second kappa shape index (κ2) is 7.66. The topological polar surface area (TPSA) is 67.9 Å². The zero-order valence-electron chi connectivity index (χ0n) is 14.0. The Kier molecular flexibility index (Phi) is 5.35. The molecule has 1 saturated heterocycles. The summed E-state index contributed by atoms with van der Waals surface area (Å²) >= 11 is 0. The van der Waals surface area contributed by atoms with E-state index in [2.05, 4.69) is 5.32 Å². The van der Waals surface area contributed by atoms with E-state index in [0.29, 0.717) is 31.1 Å². The average Bonchev–Trinajstić information content (AvgIpc) is 3.10. The van der Waals surface area contributed by atoms with Crippen molar-refractivity contribution in [3.05, 3.63) is 23.8 Å². The molecular formula is C18H24N2O4. The second-order valence-corrected chi connectivity index (χ2v) is 6.32. The third-order valence-electron chi connectivity index (χ3n) is 4.57. The number of ether oxygens (including phenoxy) is 2. The van der Waals surface area contributed by atoms with E-state index in [0.717, 1.165) is 37.4 Å². The van der Waals surface area contributed by atoms with Gasteiger partial charge in [0.2, 0.25) is 5.91 Å². The molecule has 0 aliphatic carbocycles. The predicted molar refractivity (Wildman–Crippen MR) is 90.1 cm³/mol. The maximum absolute atomic E-state index is 12.4. The Bertz CT molecular complexity index is 611. The molecular weight excluding hydrogens is 308 g/mol. The lowest BCUT2D eigenvalue weighted by atomic mass is 10.0. The van der Waals surface area contributed by atoms with Gasteiger partial charge in [-0.05, 0) is 43.5 Å². The molecule has 6 heteroatoms. The lowest BCUT2D eigenvalue weighted by Gasteiger charge is -2.24. The van der Waals surface area contributed by atoms with Crippen molar-refractivity contribution < 1.29 is 19.1 Å². The van der Waals surface area contributed by atoms with Crippen molar-refractivity contribution in [2.24, 2.45) is 5.92 Å². The molecule has 0 radical (unpaired) electrons. The van der Waals surface area contributed by atoms with Gasteiger partial charge in [0.25, 0.3) is 5.91 Å². The highest BCUT2D eigenvalue weighted by atomic mass is 16.5. The minimum atomic E-state index is -0.00424. The van der Waals surface area contributed by atoms with E-state index in [1.54, 1.807) is 6.07 Å². The highest BCUT2D eigenvalue weighted by Gasteiger charge is 2.22. The SMILES string of the molecule is CCN(C[C@H]1CCOC1)C(=O)COc1ccc2c(c1)CCC(=O)N2. The fraction of sp³-hybridized carbons (Fsp3) is 0.556. The van der Waals surface area contributed by atoms with Crippen LogP contribution in [0.25, 0.3) is 0 Å². The first-order valence-electron chi connectivity index (χ1n) is 8.57. The fourth-order valence-electron chi connectivity index (χ4n) is 3.13. The second-order valence-electron chi connectivity index (χ2n) is 6.32. The van der Waals surface area contributed by atoms with E-state index in [4.69, 9.17) is 9.47 Å². The van der Waals surface area contributed by atoms with Gasteiger partial charge in [0.05, 0.1) is 6.61 Å². The van der Waals surface area contributed by atoms with Crippen LogP contribution in [-0.2, 0) is 20.7 Å². The number of rotatable bonds is 6. The first kappa shape index (κ1) is 16.8. The number of likely N-dealkylation sites (N-methyl/N-ethyl adjacent to an activating group) is 1. The van der Waals surface area contributed by atoms with E-state index in [1.165, 1.54) is 0 Å². The molecule has 24 heavy (non-hydrogen) atoms. The number of nitrogens with zero attached hydrogens (tertiary/aromatic N) is 1. The summed E-state index contributed by atoms with van der Waals surface area (Å²) < 4.78 is 11.0. The Morgan fingerprint density at radius 3 is 3.04 bits per heavy atom. The van der Waals surface area contributed by atoms with Crippen LogP contribution in [0.1, 0.15) is 25.3 Å². The molecule has 2 heterocycles. The van der Waals surface area contributed by atoms with E-state index < -0.39 is 0 Å². The van der Waals surface area contributed by atoms with Crippen LogP contribution in [0, 0.1) is 5.92 Å². The van der Waals surface area contributed by atoms with Gasteiger partial charge in [-0.1, -0.05) is 0 Å². The summed E-state index contributed by atoms with van der Waals surface area (Å²) in [6.07, 6.45) is 2.21. The van der Waals surface area contributed by atoms with Gasteiger partial charge in [0, 0.05) is 37.7 Å². The molecule has 0 spiro atoms. The van der Waals surface area contributed by atoms with Crippen LogP contribution in [0.4, 0.5) is 5.69 Å². The monoisotopic (exact) mass is 332 g/mol. The van der Waals surface area contributed by atoms with E-state index in [1.807, 2.05) is 24.0 Å². The van der Waals surface area contributed by atoms with E-state index in [9.17, 15) is 9.59 Å². The molecule has 0 saturated carbocycles. The van der Waals surface area contributed by atoms with Crippen LogP contribution in [0.15, 0.2) is 18.2 Å². The van der Waals surface area contributed by atoms with Crippen LogP contribution in [-0.4, -0.2) is 49.6 Å². The van der Waals surface area contributed by atoms with Crippen LogP contribution in [0.2, 0.25) is 0 Å². The highest BCUT2D eigenvalue weighted by molar-refractivity contribution is 5.94. The van der Waals surface area contributed by atoms with Crippen LogP contribution < -0.4 is 10.1 Å². The molecule has 3 rings (SSSR count). The molecule has 0 unspecified atom stereocenters. The normalized spacial score (nSPS) is 19.5. The van der Waals surface area contributed by atoms with Gasteiger partial charge in [-0.15, -0.1) is 0 Å². The Hall–Kier alpha value is -2.08. The number of carbonyl (C=O) groups is 2. The van der Waals surface area contributed by atoms with Crippen molar-refractivity contribution in [2.75, 3.05) is 38.2 Å². The number of nitrogens with one attached hydrogen (secondary N) is 1. The molecule has 1 aromatic rings. The van der Waals surface area contributed by atoms with Gasteiger partial charge in [-0.3, -0.25) is 9.59 Å². The minimum Gasteiger partial charge on any atom is -0.484 e. The Balaban J connectivity index is 1.54. The van der Waals surface area contributed by atoms with Gasteiger partial charge in [-0.25, -0.2) is 0 Å². The van der Waals surface area contributed by atoms with Crippen LogP contribution in [0.3, 0.4) is 0 Å². The number of anilines is 1. The summed E-state index contributed by atoms with van der Waals surface area (Å²) in [5, 5.41) is 2.84. The molecule has 1 N–H and O–H groups in total. The van der Waals surface area contributed by atoms with E-state index in [-0.39, 0.29) is 18.4 Å². The number of fused-ring (bicyclic) bond motifs is 1. The number of amides is 2. The van der Waals surface area contributed by atoms with Gasteiger partial charge >= 0.3 is 0 Å². The van der Waals surface area contributed by atoms with Crippen molar-refractivity contribution in [3.8, 4) is 5.75 Å². The summed E-state index contributed by atoms with van der Waals surface area (Å²) in [5.74, 6) is 1.14. The standard InChI is InChI=1S/C18H24N2O4/c1-2-20(10-13-7-8-23-11-13)18(22)12-24-15-4-5-16-14(9-15)3-6-17(21)19-16/h4-5,9,13H,2-3,6-8,10-12H2,1H3,(H,19,21)/t13-/m1/s1. The number of aryl methyl sites for hydroxylation is 1. The molecule has 6 nitrogen and oxygen atoms in total. The summed E-state index contributed by atoms with van der Waals surface area (Å²) in [6.45, 7) is 4.95.